The van der Waals surface area contributed by atoms with E-state index in [0.29, 0.717) is 5.92 Å². The summed E-state index contributed by atoms with van der Waals surface area (Å²) in [5.41, 5.74) is 5.96. The standard InChI is InChI=1S/C35H53Br/c1-2-3-4-5-6-7-8-9-10-11-12-13-14-15-16-17-18-19-20-21-27-32-30-25-22-23-26-31(30)33-28-24-29-34(36)35(32)33/h22-26,28-29,32H,2-21,27H2,1H3. The normalized spacial score (nSPS) is 14.2. The van der Waals surface area contributed by atoms with Crippen LogP contribution in [-0.2, 0) is 0 Å². The SMILES string of the molecule is CCCCCCCCCCCCCCCCCCCCCCC1c2ccccc2-c2cccc(Br)c21. The van der Waals surface area contributed by atoms with Crippen molar-refractivity contribution in [2.24, 2.45) is 0 Å². The van der Waals surface area contributed by atoms with Crippen LogP contribution in [0.3, 0.4) is 0 Å². The van der Waals surface area contributed by atoms with E-state index in [-0.39, 0.29) is 0 Å². The molecule has 1 aliphatic rings. The highest BCUT2D eigenvalue weighted by molar-refractivity contribution is 9.10. The lowest BCUT2D eigenvalue weighted by Crippen LogP contribution is -1.98. The fraction of sp³-hybridized carbons (Fsp3) is 0.657. The molecule has 2 aromatic rings. The first kappa shape index (κ1) is 29.5. The highest BCUT2D eigenvalue weighted by atomic mass is 79.9. The first-order chi connectivity index (χ1) is 17.8. The Balaban J connectivity index is 1.12. The quantitative estimate of drug-likeness (QED) is 0.135. The molecule has 2 aromatic carbocycles. The number of unbranched alkanes of at least 4 members (excludes halogenated alkanes) is 19. The Labute approximate surface area is 232 Å². The van der Waals surface area contributed by atoms with Gasteiger partial charge in [0.05, 0.1) is 0 Å². The molecule has 0 aliphatic heterocycles. The van der Waals surface area contributed by atoms with Gasteiger partial charge in [-0.3, -0.25) is 0 Å². The van der Waals surface area contributed by atoms with Crippen LogP contribution in [0.4, 0.5) is 0 Å². The Hall–Kier alpha value is -1.08. The summed E-state index contributed by atoms with van der Waals surface area (Å²) in [5.74, 6) is 0.572. The van der Waals surface area contributed by atoms with E-state index in [1.165, 1.54) is 162 Å². The van der Waals surface area contributed by atoms with E-state index in [2.05, 4.69) is 65.3 Å². The number of rotatable bonds is 21. The van der Waals surface area contributed by atoms with E-state index in [4.69, 9.17) is 0 Å². The van der Waals surface area contributed by atoms with Gasteiger partial charge >= 0.3 is 0 Å². The molecule has 0 aromatic heterocycles. The van der Waals surface area contributed by atoms with Crippen LogP contribution in [0, 0.1) is 0 Å². The van der Waals surface area contributed by atoms with Crippen molar-refractivity contribution in [1.82, 2.24) is 0 Å². The molecule has 200 valence electrons. The summed E-state index contributed by atoms with van der Waals surface area (Å²) < 4.78 is 1.29. The average Bonchev–Trinajstić information content (AvgIpc) is 3.22. The lowest BCUT2D eigenvalue weighted by molar-refractivity contribution is 0.518. The van der Waals surface area contributed by atoms with E-state index in [9.17, 15) is 0 Å². The Bertz CT molecular complexity index is 838. The molecule has 0 N–H and O–H groups in total. The maximum absolute atomic E-state index is 3.85. The summed E-state index contributed by atoms with van der Waals surface area (Å²) in [6, 6.07) is 15.7. The molecule has 0 radical (unpaired) electrons. The Morgan fingerprint density at radius 2 is 0.944 bits per heavy atom. The number of halogens is 1. The van der Waals surface area contributed by atoms with Gasteiger partial charge in [-0.25, -0.2) is 0 Å². The van der Waals surface area contributed by atoms with Crippen LogP contribution < -0.4 is 0 Å². The van der Waals surface area contributed by atoms with Crippen molar-refractivity contribution in [1.29, 1.82) is 0 Å². The molecular weight excluding hydrogens is 500 g/mol. The fourth-order valence-electron chi connectivity index (χ4n) is 6.23. The second-order valence-electron chi connectivity index (χ2n) is 11.3. The molecule has 3 rings (SSSR count). The fourth-order valence-corrected chi connectivity index (χ4v) is 6.87. The van der Waals surface area contributed by atoms with Gasteiger partial charge in [-0.2, -0.15) is 0 Å². The van der Waals surface area contributed by atoms with Crippen LogP contribution in [0.1, 0.15) is 159 Å². The van der Waals surface area contributed by atoms with Crippen LogP contribution in [0.15, 0.2) is 46.9 Å². The van der Waals surface area contributed by atoms with Gasteiger partial charge in [0.25, 0.3) is 0 Å². The van der Waals surface area contributed by atoms with Crippen LogP contribution in [0.25, 0.3) is 11.1 Å². The van der Waals surface area contributed by atoms with Crippen molar-refractivity contribution >= 4 is 15.9 Å². The molecule has 0 heterocycles. The molecule has 0 spiro atoms. The van der Waals surface area contributed by atoms with Crippen molar-refractivity contribution in [3.8, 4) is 11.1 Å². The maximum Gasteiger partial charge on any atom is 0.0219 e. The van der Waals surface area contributed by atoms with Crippen LogP contribution >= 0.6 is 15.9 Å². The van der Waals surface area contributed by atoms with Gasteiger partial charge in [0.2, 0.25) is 0 Å². The third-order valence-corrected chi connectivity index (χ3v) is 9.07. The highest BCUT2D eigenvalue weighted by Crippen LogP contribution is 2.49. The number of fused-ring (bicyclic) bond motifs is 3. The zero-order valence-corrected chi connectivity index (χ0v) is 24.9. The van der Waals surface area contributed by atoms with Crippen LogP contribution in [-0.4, -0.2) is 0 Å². The van der Waals surface area contributed by atoms with E-state index >= 15 is 0 Å². The third kappa shape index (κ3) is 10.00. The van der Waals surface area contributed by atoms with E-state index < -0.39 is 0 Å². The lowest BCUT2D eigenvalue weighted by Gasteiger charge is -2.15. The van der Waals surface area contributed by atoms with Gasteiger partial charge in [0, 0.05) is 10.4 Å². The first-order valence-electron chi connectivity index (χ1n) is 15.7. The minimum absolute atomic E-state index is 0.572. The molecule has 1 unspecified atom stereocenters. The minimum atomic E-state index is 0.572. The zero-order valence-electron chi connectivity index (χ0n) is 23.3. The Morgan fingerprint density at radius 3 is 1.47 bits per heavy atom. The molecule has 0 bridgehead atoms. The molecule has 1 atom stereocenters. The predicted molar refractivity (Wildman–Crippen MR) is 164 cm³/mol. The predicted octanol–water partition coefficient (Wildman–Crippen LogP) is 12.8. The Morgan fingerprint density at radius 1 is 0.500 bits per heavy atom. The molecular formula is C35H53Br. The summed E-state index contributed by atoms with van der Waals surface area (Å²) in [4.78, 5) is 0. The molecule has 0 saturated heterocycles. The van der Waals surface area contributed by atoms with Gasteiger partial charge in [-0.05, 0) is 34.7 Å². The van der Waals surface area contributed by atoms with Gasteiger partial charge in [0.15, 0.2) is 0 Å². The summed E-state index contributed by atoms with van der Waals surface area (Å²) in [6.45, 7) is 2.30. The monoisotopic (exact) mass is 552 g/mol. The van der Waals surface area contributed by atoms with Gasteiger partial charge in [-0.1, -0.05) is 188 Å². The van der Waals surface area contributed by atoms with Crippen molar-refractivity contribution in [2.45, 2.75) is 148 Å². The summed E-state index contributed by atoms with van der Waals surface area (Å²) in [6.07, 6.45) is 30.2. The lowest BCUT2D eigenvalue weighted by atomic mass is 9.91. The molecule has 36 heavy (non-hydrogen) atoms. The van der Waals surface area contributed by atoms with Gasteiger partial charge in [0.1, 0.15) is 0 Å². The van der Waals surface area contributed by atoms with Gasteiger partial charge < -0.3 is 0 Å². The Kier molecular flexibility index (Phi) is 14.9. The summed E-state index contributed by atoms with van der Waals surface area (Å²) in [5, 5.41) is 0. The highest BCUT2D eigenvalue weighted by Gasteiger charge is 2.29. The topological polar surface area (TPSA) is 0 Å². The molecule has 0 saturated carbocycles. The number of benzene rings is 2. The van der Waals surface area contributed by atoms with Crippen molar-refractivity contribution < 1.29 is 0 Å². The number of hydrogen-bond donors (Lipinski definition) is 0. The van der Waals surface area contributed by atoms with E-state index in [1.54, 1.807) is 0 Å². The minimum Gasteiger partial charge on any atom is -0.0654 e. The third-order valence-electron chi connectivity index (χ3n) is 8.37. The number of hydrogen-bond acceptors (Lipinski definition) is 0. The van der Waals surface area contributed by atoms with Crippen LogP contribution in [0.5, 0.6) is 0 Å². The smallest absolute Gasteiger partial charge is 0.0219 e. The van der Waals surface area contributed by atoms with Gasteiger partial charge in [-0.15, -0.1) is 0 Å². The molecule has 0 amide bonds. The molecule has 0 fully saturated rings. The first-order valence-corrected chi connectivity index (χ1v) is 16.5. The van der Waals surface area contributed by atoms with Crippen molar-refractivity contribution in [2.75, 3.05) is 0 Å². The van der Waals surface area contributed by atoms with Crippen molar-refractivity contribution in [3.63, 3.8) is 0 Å². The maximum atomic E-state index is 3.85. The zero-order chi connectivity index (χ0) is 25.3. The summed E-state index contributed by atoms with van der Waals surface area (Å²) >= 11 is 3.85. The molecule has 1 heteroatoms. The average molecular weight is 554 g/mol. The molecule has 1 aliphatic carbocycles. The largest absolute Gasteiger partial charge is 0.0654 e. The van der Waals surface area contributed by atoms with E-state index in [1.807, 2.05) is 0 Å². The summed E-state index contributed by atoms with van der Waals surface area (Å²) in [7, 11) is 0. The second kappa shape index (κ2) is 18.2. The second-order valence-corrected chi connectivity index (χ2v) is 12.2. The van der Waals surface area contributed by atoms with Crippen LogP contribution in [0.2, 0.25) is 0 Å². The van der Waals surface area contributed by atoms with Crippen molar-refractivity contribution in [3.05, 3.63) is 58.1 Å². The molecule has 0 nitrogen and oxygen atoms in total. The van der Waals surface area contributed by atoms with E-state index in [0.717, 1.165) is 0 Å².